The SMILES string of the molecule is COc1cccc(C(=O)N2CCNCC2C(N)=O)c1OC. The van der Waals surface area contributed by atoms with E-state index in [1.807, 2.05) is 0 Å². The Morgan fingerprint density at radius 3 is 2.71 bits per heavy atom. The molecule has 2 amide bonds. The van der Waals surface area contributed by atoms with Crippen LogP contribution in [0.4, 0.5) is 0 Å². The van der Waals surface area contributed by atoms with Gasteiger partial charge in [-0.1, -0.05) is 6.07 Å². The fourth-order valence-corrected chi connectivity index (χ4v) is 2.41. The number of piperazine rings is 1. The van der Waals surface area contributed by atoms with Crippen LogP contribution in [0.2, 0.25) is 0 Å². The van der Waals surface area contributed by atoms with E-state index in [-0.39, 0.29) is 5.91 Å². The Hall–Kier alpha value is -2.28. The zero-order valence-electron chi connectivity index (χ0n) is 12.1. The Kier molecular flexibility index (Phi) is 4.64. The van der Waals surface area contributed by atoms with Crippen LogP contribution in [0.5, 0.6) is 11.5 Å². The van der Waals surface area contributed by atoms with Crippen LogP contribution in [0.3, 0.4) is 0 Å². The summed E-state index contributed by atoms with van der Waals surface area (Å²) in [4.78, 5) is 25.7. The predicted octanol–water partition coefficient (Wildman–Crippen LogP) is -0.397. The van der Waals surface area contributed by atoms with Gasteiger partial charge in [0.2, 0.25) is 5.91 Å². The monoisotopic (exact) mass is 293 g/mol. The highest BCUT2D eigenvalue weighted by molar-refractivity contribution is 6.00. The number of para-hydroxylation sites is 1. The highest BCUT2D eigenvalue weighted by atomic mass is 16.5. The highest BCUT2D eigenvalue weighted by Gasteiger charge is 2.32. The molecule has 1 atom stereocenters. The number of hydrogen-bond donors (Lipinski definition) is 2. The van der Waals surface area contributed by atoms with Crippen LogP contribution in [0.1, 0.15) is 10.4 Å². The van der Waals surface area contributed by atoms with Crippen LogP contribution < -0.4 is 20.5 Å². The number of hydrogen-bond acceptors (Lipinski definition) is 5. The molecule has 0 spiro atoms. The van der Waals surface area contributed by atoms with Crippen molar-refractivity contribution in [3.63, 3.8) is 0 Å². The lowest BCUT2D eigenvalue weighted by Gasteiger charge is -2.34. The van der Waals surface area contributed by atoms with E-state index in [1.165, 1.54) is 19.1 Å². The third-order valence-electron chi connectivity index (χ3n) is 3.47. The molecule has 114 valence electrons. The average molecular weight is 293 g/mol. The quantitative estimate of drug-likeness (QED) is 0.788. The van der Waals surface area contributed by atoms with Gasteiger partial charge in [-0.15, -0.1) is 0 Å². The molecule has 1 aromatic carbocycles. The molecule has 3 N–H and O–H groups in total. The number of carbonyl (C=O) groups excluding carboxylic acids is 2. The van der Waals surface area contributed by atoms with E-state index in [2.05, 4.69) is 5.32 Å². The van der Waals surface area contributed by atoms with Gasteiger partial charge in [0.15, 0.2) is 11.5 Å². The zero-order valence-corrected chi connectivity index (χ0v) is 12.1. The van der Waals surface area contributed by atoms with E-state index in [0.29, 0.717) is 36.7 Å². The van der Waals surface area contributed by atoms with Crippen molar-refractivity contribution in [3.8, 4) is 11.5 Å². The Labute approximate surface area is 123 Å². The summed E-state index contributed by atoms with van der Waals surface area (Å²) in [6.45, 7) is 1.38. The molecule has 1 saturated heterocycles. The summed E-state index contributed by atoms with van der Waals surface area (Å²) in [5, 5.41) is 3.05. The van der Waals surface area contributed by atoms with Crippen LogP contribution in [-0.4, -0.2) is 56.6 Å². The molecule has 7 nitrogen and oxygen atoms in total. The molecule has 1 heterocycles. The first-order chi connectivity index (χ1) is 10.1. The summed E-state index contributed by atoms with van der Waals surface area (Å²) < 4.78 is 10.5. The third-order valence-corrected chi connectivity index (χ3v) is 3.47. The minimum absolute atomic E-state index is 0.295. The Morgan fingerprint density at radius 2 is 2.10 bits per heavy atom. The molecule has 1 aromatic rings. The first kappa shape index (κ1) is 15.1. The second-order valence-electron chi connectivity index (χ2n) is 4.66. The maximum Gasteiger partial charge on any atom is 0.258 e. The number of rotatable bonds is 4. The first-order valence-corrected chi connectivity index (χ1v) is 6.62. The van der Waals surface area contributed by atoms with Gasteiger partial charge in [-0.25, -0.2) is 0 Å². The van der Waals surface area contributed by atoms with E-state index in [0.717, 1.165) is 0 Å². The molecular weight excluding hydrogens is 274 g/mol. The van der Waals surface area contributed by atoms with Crippen molar-refractivity contribution < 1.29 is 19.1 Å². The molecule has 1 unspecified atom stereocenters. The van der Waals surface area contributed by atoms with Crippen molar-refractivity contribution in [2.75, 3.05) is 33.9 Å². The van der Waals surface area contributed by atoms with Gasteiger partial charge in [-0.3, -0.25) is 9.59 Å². The summed E-state index contributed by atoms with van der Waals surface area (Å²) in [5.41, 5.74) is 5.72. The molecule has 1 aliphatic heterocycles. The largest absolute Gasteiger partial charge is 0.493 e. The average Bonchev–Trinajstić information content (AvgIpc) is 2.53. The van der Waals surface area contributed by atoms with Crippen LogP contribution in [-0.2, 0) is 4.79 Å². The number of nitrogens with zero attached hydrogens (tertiary/aromatic N) is 1. The molecule has 0 aromatic heterocycles. The fourth-order valence-electron chi connectivity index (χ4n) is 2.41. The lowest BCUT2D eigenvalue weighted by atomic mass is 10.1. The van der Waals surface area contributed by atoms with Crippen molar-refractivity contribution in [2.24, 2.45) is 5.73 Å². The van der Waals surface area contributed by atoms with E-state index in [4.69, 9.17) is 15.2 Å². The molecule has 0 radical (unpaired) electrons. The van der Waals surface area contributed by atoms with Gasteiger partial charge in [0.05, 0.1) is 19.8 Å². The minimum atomic E-state index is -0.665. The molecule has 7 heteroatoms. The van der Waals surface area contributed by atoms with E-state index < -0.39 is 11.9 Å². The first-order valence-electron chi connectivity index (χ1n) is 6.62. The fraction of sp³-hybridized carbons (Fsp3) is 0.429. The van der Waals surface area contributed by atoms with Gasteiger partial charge in [0, 0.05) is 19.6 Å². The van der Waals surface area contributed by atoms with Gasteiger partial charge in [-0.05, 0) is 12.1 Å². The molecular formula is C14H19N3O4. The predicted molar refractivity (Wildman–Crippen MR) is 76.4 cm³/mol. The number of nitrogens with one attached hydrogen (secondary N) is 1. The zero-order chi connectivity index (χ0) is 15.4. The molecule has 0 aliphatic carbocycles. The Balaban J connectivity index is 2.36. The summed E-state index contributed by atoms with van der Waals surface area (Å²) in [7, 11) is 2.97. The third kappa shape index (κ3) is 2.92. The van der Waals surface area contributed by atoms with E-state index in [9.17, 15) is 9.59 Å². The maximum absolute atomic E-state index is 12.7. The van der Waals surface area contributed by atoms with Crippen molar-refractivity contribution in [2.45, 2.75) is 6.04 Å². The standard InChI is InChI=1S/C14H19N3O4/c1-20-11-5-3-4-9(12(11)21-2)14(19)17-7-6-16-8-10(17)13(15)18/h3-5,10,16H,6-8H2,1-2H3,(H2,15,18). The van der Waals surface area contributed by atoms with Crippen molar-refractivity contribution in [3.05, 3.63) is 23.8 Å². The van der Waals surface area contributed by atoms with Crippen molar-refractivity contribution >= 4 is 11.8 Å². The smallest absolute Gasteiger partial charge is 0.258 e. The number of primary amides is 1. The lowest BCUT2D eigenvalue weighted by molar-refractivity contribution is -0.122. The van der Waals surface area contributed by atoms with E-state index >= 15 is 0 Å². The second kappa shape index (κ2) is 6.45. The van der Waals surface area contributed by atoms with Gasteiger partial charge in [0.25, 0.3) is 5.91 Å². The number of benzene rings is 1. The minimum Gasteiger partial charge on any atom is -0.493 e. The Bertz CT molecular complexity index is 547. The van der Waals surface area contributed by atoms with Crippen molar-refractivity contribution in [1.29, 1.82) is 0 Å². The number of nitrogens with two attached hydrogens (primary N) is 1. The summed E-state index contributed by atoms with van der Waals surface area (Å²) >= 11 is 0. The maximum atomic E-state index is 12.7. The van der Waals surface area contributed by atoms with Crippen LogP contribution in [0.15, 0.2) is 18.2 Å². The van der Waals surface area contributed by atoms with Gasteiger partial charge >= 0.3 is 0 Å². The van der Waals surface area contributed by atoms with Gasteiger partial charge < -0.3 is 25.4 Å². The molecule has 0 bridgehead atoms. The van der Waals surface area contributed by atoms with Gasteiger partial charge in [0.1, 0.15) is 6.04 Å². The molecule has 1 aliphatic rings. The molecule has 2 rings (SSSR count). The summed E-state index contributed by atoms with van der Waals surface area (Å²) in [6.07, 6.45) is 0. The van der Waals surface area contributed by atoms with Crippen LogP contribution >= 0.6 is 0 Å². The molecule has 1 fully saturated rings. The highest BCUT2D eigenvalue weighted by Crippen LogP contribution is 2.31. The molecule has 0 saturated carbocycles. The summed E-state index contributed by atoms with van der Waals surface area (Å²) in [6, 6.07) is 4.39. The van der Waals surface area contributed by atoms with Gasteiger partial charge in [-0.2, -0.15) is 0 Å². The lowest BCUT2D eigenvalue weighted by Crippen LogP contribution is -2.58. The number of methoxy groups -OCH3 is 2. The summed E-state index contributed by atoms with van der Waals surface area (Å²) in [5.74, 6) is -0.00525. The Morgan fingerprint density at radius 1 is 1.33 bits per heavy atom. The normalized spacial score (nSPS) is 18.2. The van der Waals surface area contributed by atoms with Crippen LogP contribution in [0.25, 0.3) is 0 Å². The number of amides is 2. The number of carbonyl (C=O) groups is 2. The topological polar surface area (TPSA) is 93.9 Å². The second-order valence-corrected chi connectivity index (χ2v) is 4.66. The van der Waals surface area contributed by atoms with E-state index in [1.54, 1.807) is 18.2 Å². The van der Waals surface area contributed by atoms with Crippen molar-refractivity contribution in [1.82, 2.24) is 10.2 Å². The van der Waals surface area contributed by atoms with Crippen LogP contribution in [0, 0.1) is 0 Å². The number of ether oxygens (including phenoxy) is 2. The molecule has 21 heavy (non-hydrogen) atoms.